The number of halogens is 1. The zero-order chi connectivity index (χ0) is 21.6. The number of benzene rings is 2. The first kappa shape index (κ1) is 19.2. The number of pyridine rings is 1. The maximum absolute atomic E-state index is 13.3. The van der Waals surface area contributed by atoms with E-state index in [1.54, 1.807) is 36.7 Å². The van der Waals surface area contributed by atoms with Gasteiger partial charge in [0.1, 0.15) is 11.5 Å². The Balaban J connectivity index is 1.60. The summed E-state index contributed by atoms with van der Waals surface area (Å²) < 4.78 is 38.3. The van der Waals surface area contributed by atoms with Gasteiger partial charge in [-0.25, -0.2) is 22.9 Å². The SMILES string of the molecule is NS(=O)(=O)c1ccc(-c2cnc3ccc(-c4cn[nH]c4-c4ccc(F)cc4)cn23)cc1. The highest BCUT2D eigenvalue weighted by Gasteiger charge is 2.14. The van der Waals surface area contributed by atoms with Gasteiger partial charge in [-0.3, -0.25) is 9.50 Å². The molecule has 7 nitrogen and oxygen atoms in total. The molecule has 2 aromatic carbocycles. The van der Waals surface area contributed by atoms with Gasteiger partial charge in [0.25, 0.3) is 0 Å². The van der Waals surface area contributed by atoms with Crippen molar-refractivity contribution in [3.63, 3.8) is 0 Å². The van der Waals surface area contributed by atoms with Crippen LogP contribution in [0.4, 0.5) is 4.39 Å². The molecule has 0 spiro atoms. The predicted molar refractivity (Wildman–Crippen MR) is 115 cm³/mol. The topological polar surface area (TPSA) is 106 Å². The number of fused-ring (bicyclic) bond motifs is 1. The molecule has 3 aromatic heterocycles. The van der Waals surface area contributed by atoms with E-state index >= 15 is 0 Å². The third-order valence-electron chi connectivity index (χ3n) is 5.07. The first-order valence-corrected chi connectivity index (χ1v) is 10.8. The Hall–Kier alpha value is -3.82. The summed E-state index contributed by atoms with van der Waals surface area (Å²) in [5.74, 6) is -0.303. The molecular formula is C22H16FN5O2S. The van der Waals surface area contributed by atoms with Gasteiger partial charge in [0.05, 0.1) is 28.7 Å². The van der Waals surface area contributed by atoms with Crippen molar-refractivity contribution >= 4 is 15.7 Å². The highest BCUT2D eigenvalue weighted by atomic mass is 32.2. The number of hydrogen-bond donors (Lipinski definition) is 2. The van der Waals surface area contributed by atoms with Crippen molar-refractivity contribution in [1.82, 2.24) is 19.6 Å². The standard InChI is InChI=1S/C22H16FN5O2S/c23-17-6-1-15(2-7-17)22-19(11-26-27-22)16-5-10-21-25-12-20(28(21)13-16)14-3-8-18(9-4-14)31(24,29)30/h1-13H,(H,26,27)(H2,24,29,30). The molecule has 3 N–H and O–H groups in total. The van der Waals surface area contributed by atoms with Gasteiger partial charge in [0.15, 0.2) is 0 Å². The van der Waals surface area contributed by atoms with Crippen LogP contribution in [-0.4, -0.2) is 28.0 Å². The number of nitrogens with one attached hydrogen (secondary N) is 1. The van der Waals surface area contributed by atoms with Crippen LogP contribution in [0.3, 0.4) is 0 Å². The van der Waals surface area contributed by atoms with E-state index in [0.717, 1.165) is 39.3 Å². The van der Waals surface area contributed by atoms with Crippen molar-refractivity contribution < 1.29 is 12.8 Å². The Morgan fingerprint density at radius 1 is 0.871 bits per heavy atom. The monoisotopic (exact) mass is 433 g/mol. The van der Waals surface area contributed by atoms with Crippen molar-refractivity contribution in [1.29, 1.82) is 0 Å². The summed E-state index contributed by atoms with van der Waals surface area (Å²) in [5, 5.41) is 12.3. The number of imidazole rings is 1. The molecule has 0 saturated heterocycles. The molecule has 0 aliphatic rings. The van der Waals surface area contributed by atoms with E-state index in [9.17, 15) is 12.8 Å². The van der Waals surface area contributed by atoms with E-state index in [1.165, 1.54) is 24.3 Å². The molecule has 31 heavy (non-hydrogen) atoms. The first-order valence-electron chi connectivity index (χ1n) is 9.30. The fourth-order valence-electron chi connectivity index (χ4n) is 3.51. The molecule has 0 bridgehead atoms. The summed E-state index contributed by atoms with van der Waals surface area (Å²) >= 11 is 0. The number of aromatic amines is 1. The van der Waals surface area contributed by atoms with E-state index in [1.807, 2.05) is 22.7 Å². The number of hydrogen-bond acceptors (Lipinski definition) is 4. The smallest absolute Gasteiger partial charge is 0.238 e. The number of sulfonamides is 1. The lowest BCUT2D eigenvalue weighted by Gasteiger charge is -2.07. The van der Waals surface area contributed by atoms with E-state index in [4.69, 9.17) is 5.14 Å². The lowest BCUT2D eigenvalue weighted by molar-refractivity contribution is 0.598. The quantitative estimate of drug-likeness (QED) is 0.449. The number of nitrogens with two attached hydrogens (primary N) is 1. The Labute approximate surface area is 177 Å². The molecule has 0 fully saturated rings. The summed E-state index contributed by atoms with van der Waals surface area (Å²) in [6.45, 7) is 0. The third-order valence-corrected chi connectivity index (χ3v) is 6.00. The highest BCUT2D eigenvalue weighted by Crippen LogP contribution is 2.31. The second-order valence-electron chi connectivity index (χ2n) is 7.02. The molecule has 5 aromatic rings. The second kappa shape index (κ2) is 7.15. The van der Waals surface area contributed by atoms with Gasteiger partial charge in [-0.2, -0.15) is 5.10 Å². The molecule has 0 saturated carbocycles. The maximum Gasteiger partial charge on any atom is 0.238 e. The van der Waals surface area contributed by atoms with Crippen molar-refractivity contribution in [2.45, 2.75) is 4.90 Å². The molecule has 9 heteroatoms. The Morgan fingerprint density at radius 2 is 1.55 bits per heavy atom. The number of H-pyrrole nitrogens is 1. The molecule has 0 aliphatic carbocycles. The van der Waals surface area contributed by atoms with Gasteiger partial charge in [-0.05, 0) is 48.5 Å². The van der Waals surface area contributed by atoms with E-state index in [0.29, 0.717) is 0 Å². The second-order valence-corrected chi connectivity index (χ2v) is 8.59. The van der Waals surface area contributed by atoms with Crippen LogP contribution in [0.1, 0.15) is 0 Å². The van der Waals surface area contributed by atoms with Crippen LogP contribution >= 0.6 is 0 Å². The van der Waals surface area contributed by atoms with E-state index in [-0.39, 0.29) is 10.7 Å². The van der Waals surface area contributed by atoms with Crippen LogP contribution in [0.2, 0.25) is 0 Å². The van der Waals surface area contributed by atoms with Crippen LogP contribution < -0.4 is 5.14 Å². The zero-order valence-corrected chi connectivity index (χ0v) is 16.8. The number of primary sulfonamides is 1. The summed E-state index contributed by atoms with van der Waals surface area (Å²) in [5.41, 5.74) is 5.67. The lowest BCUT2D eigenvalue weighted by Crippen LogP contribution is -2.11. The predicted octanol–water partition coefficient (Wildman–Crippen LogP) is 3.84. The minimum absolute atomic E-state index is 0.0492. The largest absolute Gasteiger partial charge is 0.299 e. The highest BCUT2D eigenvalue weighted by molar-refractivity contribution is 7.89. The number of rotatable bonds is 4. The number of nitrogens with zero attached hydrogens (tertiary/aromatic N) is 3. The normalized spacial score (nSPS) is 11.8. The van der Waals surface area contributed by atoms with E-state index in [2.05, 4.69) is 15.2 Å². The van der Waals surface area contributed by atoms with Crippen molar-refractivity contribution in [3.8, 4) is 33.6 Å². The average molecular weight is 433 g/mol. The lowest BCUT2D eigenvalue weighted by atomic mass is 10.0. The Morgan fingerprint density at radius 3 is 2.26 bits per heavy atom. The molecule has 0 radical (unpaired) electrons. The van der Waals surface area contributed by atoms with Crippen LogP contribution in [0.15, 0.2) is 84.1 Å². The molecule has 3 heterocycles. The molecule has 0 aliphatic heterocycles. The minimum Gasteiger partial charge on any atom is -0.299 e. The van der Waals surface area contributed by atoms with Crippen LogP contribution in [-0.2, 0) is 10.0 Å². The van der Waals surface area contributed by atoms with Gasteiger partial charge >= 0.3 is 0 Å². The molecule has 0 atom stereocenters. The molecule has 0 amide bonds. The summed E-state index contributed by atoms with van der Waals surface area (Å²) in [6.07, 6.45) is 5.38. The van der Waals surface area contributed by atoms with Gasteiger partial charge in [0, 0.05) is 28.5 Å². The van der Waals surface area contributed by atoms with Crippen molar-refractivity contribution in [2.75, 3.05) is 0 Å². The van der Waals surface area contributed by atoms with Gasteiger partial charge in [-0.1, -0.05) is 12.1 Å². The number of aromatic nitrogens is 4. The summed E-state index contributed by atoms with van der Waals surface area (Å²) in [4.78, 5) is 4.48. The molecule has 5 rings (SSSR count). The molecule has 0 unspecified atom stereocenters. The fourth-order valence-corrected chi connectivity index (χ4v) is 4.03. The van der Waals surface area contributed by atoms with E-state index < -0.39 is 10.0 Å². The Bertz CT molecular complexity index is 1500. The minimum atomic E-state index is -3.76. The van der Waals surface area contributed by atoms with Crippen LogP contribution in [0, 0.1) is 5.82 Å². The average Bonchev–Trinajstić information content (AvgIpc) is 3.40. The summed E-state index contributed by atoms with van der Waals surface area (Å²) in [6, 6.07) is 16.3. The third kappa shape index (κ3) is 3.49. The zero-order valence-electron chi connectivity index (χ0n) is 16.0. The van der Waals surface area contributed by atoms with Crippen molar-refractivity contribution in [3.05, 3.63) is 85.1 Å². The summed E-state index contributed by atoms with van der Waals surface area (Å²) in [7, 11) is -3.76. The van der Waals surface area contributed by atoms with Gasteiger partial charge in [-0.15, -0.1) is 0 Å². The van der Waals surface area contributed by atoms with Gasteiger partial charge in [0.2, 0.25) is 10.0 Å². The van der Waals surface area contributed by atoms with Gasteiger partial charge < -0.3 is 0 Å². The Kier molecular flexibility index (Phi) is 4.42. The first-order chi connectivity index (χ1) is 14.9. The molecular weight excluding hydrogens is 417 g/mol. The van der Waals surface area contributed by atoms with Crippen molar-refractivity contribution in [2.24, 2.45) is 5.14 Å². The van der Waals surface area contributed by atoms with Crippen LogP contribution in [0.5, 0.6) is 0 Å². The maximum atomic E-state index is 13.3. The van der Waals surface area contributed by atoms with Crippen LogP contribution in [0.25, 0.3) is 39.3 Å². The fraction of sp³-hybridized carbons (Fsp3) is 0. The molecule has 154 valence electrons.